The van der Waals surface area contributed by atoms with Crippen molar-refractivity contribution in [3.05, 3.63) is 59.2 Å². The van der Waals surface area contributed by atoms with Crippen LogP contribution in [0.1, 0.15) is 29.7 Å². The van der Waals surface area contributed by atoms with Crippen LogP contribution in [0.2, 0.25) is 0 Å². The van der Waals surface area contributed by atoms with E-state index in [9.17, 15) is 9.59 Å². The normalized spacial score (nSPS) is 17.2. The van der Waals surface area contributed by atoms with E-state index in [2.05, 4.69) is 10.6 Å². The molecule has 0 aliphatic carbocycles. The number of rotatable bonds is 4. The van der Waals surface area contributed by atoms with Crippen molar-refractivity contribution in [1.29, 1.82) is 0 Å². The highest BCUT2D eigenvalue weighted by Gasteiger charge is 2.32. The number of benzene rings is 2. The second-order valence-electron chi connectivity index (χ2n) is 6.38. The molecule has 2 aromatic rings. The van der Waals surface area contributed by atoms with Crippen LogP contribution in [0.5, 0.6) is 5.75 Å². The minimum atomic E-state index is -0.729. The third-order valence-electron chi connectivity index (χ3n) is 4.54. The van der Waals surface area contributed by atoms with E-state index in [4.69, 9.17) is 4.74 Å². The van der Waals surface area contributed by atoms with Gasteiger partial charge in [0.05, 0.1) is 13.2 Å². The number of carbonyl (C=O) groups excluding carboxylic acids is 2. The first kappa shape index (κ1) is 17.0. The molecule has 1 unspecified atom stereocenters. The lowest BCUT2D eigenvalue weighted by molar-refractivity contribution is -0.133. The van der Waals surface area contributed by atoms with Crippen molar-refractivity contribution in [3.63, 3.8) is 0 Å². The molecule has 5 heteroatoms. The van der Waals surface area contributed by atoms with E-state index in [0.29, 0.717) is 6.42 Å². The first-order valence-corrected chi connectivity index (χ1v) is 8.33. The highest BCUT2D eigenvalue weighted by molar-refractivity contribution is 6.08. The average molecular weight is 338 g/mol. The quantitative estimate of drug-likeness (QED) is 0.842. The lowest BCUT2D eigenvalue weighted by Crippen LogP contribution is -2.42. The van der Waals surface area contributed by atoms with Crippen LogP contribution >= 0.6 is 0 Å². The lowest BCUT2D eigenvalue weighted by atomic mass is 9.92. The van der Waals surface area contributed by atoms with Crippen molar-refractivity contribution in [2.75, 3.05) is 12.4 Å². The van der Waals surface area contributed by atoms with Crippen LogP contribution in [0.3, 0.4) is 0 Å². The van der Waals surface area contributed by atoms with Crippen molar-refractivity contribution in [2.24, 2.45) is 5.92 Å². The molecule has 1 aliphatic rings. The zero-order chi connectivity index (χ0) is 18.0. The van der Waals surface area contributed by atoms with E-state index in [-0.39, 0.29) is 17.9 Å². The summed E-state index contributed by atoms with van der Waals surface area (Å²) in [6.45, 7) is 3.88. The SMILES string of the molecule is COc1ccc(C)cc1[C@@H](C)NC(=O)C1Cc2ccccc2NC1=O. The highest BCUT2D eigenvalue weighted by Crippen LogP contribution is 2.28. The van der Waals surface area contributed by atoms with Crippen molar-refractivity contribution in [2.45, 2.75) is 26.3 Å². The van der Waals surface area contributed by atoms with Gasteiger partial charge in [-0.15, -0.1) is 0 Å². The molecule has 1 aliphatic heterocycles. The molecule has 0 spiro atoms. The largest absolute Gasteiger partial charge is 0.496 e. The minimum Gasteiger partial charge on any atom is -0.496 e. The van der Waals surface area contributed by atoms with Gasteiger partial charge in [-0.2, -0.15) is 0 Å². The molecule has 0 fully saturated rings. The van der Waals surface area contributed by atoms with Crippen molar-refractivity contribution in [3.8, 4) is 5.75 Å². The molecule has 2 amide bonds. The Balaban J connectivity index is 1.76. The zero-order valence-corrected chi connectivity index (χ0v) is 14.6. The van der Waals surface area contributed by atoms with Crippen molar-refractivity contribution in [1.82, 2.24) is 5.32 Å². The Morgan fingerprint density at radius 1 is 1.28 bits per heavy atom. The number of carbonyl (C=O) groups is 2. The fraction of sp³-hybridized carbons (Fsp3) is 0.300. The van der Waals surface area contributed by atoms with Gasteiger partial charge in [-0.05, 0) is 38.0 Å². The second-order valence-corrected chi connectivity index (χ2v) is 6.38. The predicted molar refractivity (Wildman–Crippen MR) is 96.6 cm³/mol. The molecule has 0 bridgehead atoms. The standard InChI is InChI=1S/C20H22N2O3/c1-12-8-9-18(25-3)15(10-12)13(2)21-19(23)16-11-14-6-4-5-7-17(14)22-20(16)24/h4-10,13,16H,11H2,1-3H3,(H,21,23)(H,22,24)/t13-,16?/m1/s1. The molecule has 0 aromatic heterocycles. The number of para-hydroxylation sites is 1. The molecular weight excluding hydrogens is 316 g/mol. The smallest absolute Gasteiger partial charge is 0.237 e. The third-order valence-corrected chi connectivity index (χ3v) is 4.54. The monoisotopic (exact) mass is 338 g/mol. The van der Waals surface area contributed by atoms with E-state index in [0.717, 1.165) is 28.1 Å². The van der Waals surface area contributed by atoms with Gasteiger partial charge in [0.2, 0.25) is 11.8 Å². The van der Waals surface area contributed by atoms with Gasteiger partial charge in [-0.25, -0.2) is 0 Å². The minimum absolute atomic E-state index is 0.257. The van der Waals surface area contributed by atoms with Gasteiger partial charge in [-0.3, -0.25) is 9.59 Å². The third kappa shape index (κ3) is 3.50. The number of nitrogens with one attached hydrogen (secondary N) is 2. The second kappa shape index (κ2) is 6.97. The van der Waals surface area contributed by atoms with Gasteiger partial charge in [0, 0.05) is 11.3 Å². The van der Waals surface area contributed by atoms with Gasteiger partial charge in [0.15, 0.2) is 0 Å². The first-order chi connectivity index (χ1) is 12.0. The van der Waals surface area contributed by atoms with Crippen LogP contribution in [0, 0.1) is 12.8 Å². The van der Waals surface area contributed by atoms with Crippen LogP contribution < -0.4 is 15.4 Å². The molecule has 2 aromatic carbocycles. The molecule has 2 N–H and O–H groups in total. The summed E-state index contributed by atoms with van der Waals surface area (Å²) in [6, 6.07) is 13.1. The zero-order valence-electron chi connectivity index (χ0n) is 14.6. The molecule has 25 heavy (non-hydrogen) atoms. The molecule has 5 nitrogen and oxygen atoms in total. The van der Waals surface area contributed by atoms with E-state index in [1.807, 2.05) is 56.3 Å². The Morgan fingerprint density at radius 3 is 2.80 bits per heavy atom. The van der Waals surface area contributed by atoms with Crippen molar-refractivity contribution < 1.29 is 14.3 Å². The number of fused-ring (bicyclic) bond motifs is 1. The van der Waals surface area contributed by atoms with E-state index in [1.54, 1.807) is 7.11 Å². The summed E-state index contributed by atoms with van der Waals surface area (Å²) in [7, 11) is 1.61. The number of hydrogen-bond acceptors (Lipinski definition) is 3. The molecule has 0 saturated carbocycles. The summed E-state index contributed by atoms with van der Waals surface area (Å²) in [5, 5.41) is 5.76. The Labute approximate surface area is 147 Å². The summed E-state index contributed by atoms with van der Waals surface area (Å²) in [5.74, 6) is -0.548. The van der Waals surface area contributed by atoms with Gasteiger partial charge >= 0.3 is 0 Å². The number of methoxy groups -OCH3 is 1. The van der Waals surface area contributed by atoms with Gasteiger partial charge in [0.25, 0.3) is 0 Å². The maximum Gasteiger partial charge on any atom is 0.237 e. The molecule has 2 atom stereocenters. The van der Waals surface area contributed by atoms with Gasteiger partial charge in [0.1, 0.15) is 11.7 Å². The molecule has 130 valence electrons. The van der Waals surface area contributed by atoms with E-state index < -0.39 is 5.92 Å². The summed E-state index contributed by atoms with van der Waals surface area (Å²) >= 11 is 0. The number of anilines is 1. The Morgan fingerprint density at radius 2 is 2.04 bits per heavy atom. The van der Waals surface area contributed by atoms with Gasteiger partial charge in [-0.1, -0.05) is 35.9 Å². The summed E-state index contributed by atoms with van der Waals surface area (Å²) < 4.78 is 5.39. The predicted octanol–water partition coefficient (Wildman–Crippen LogP) is 2.99. The Bertz CT molecular complexity index is 816. The topological polar surface area (TPSA) is 67.4 Å². The molecule has 0 saturated heterocycles. The number of ether oxygens (including phenoxy) is 1. The van der Waals surface area contributed by atoms with Crippen LogP contribution in [-0.2, 0) is 16.0 Å². The van der Waals surface area contributed by atoms with Crippen LogP contribution in [0.25, 0.3) is 0 Å². The Kier molecular flexibility index (Phi) is 4.74. The highest BCUT2D eigenvalue weighted by atomic mass is 16.5. The van der Waals surface area contributed by atoms with E-state index in [1.165, 1.54) is 0 Å². The number of amides is 2. The van der Waals surface area contributed by atoms with Crippen LogP contribution in [0.15, 0.2) is 42.5 Å². The fourth-order valence-corrected chi connectivity index (χ4v) is 3.15. The Hall–Kier alpha value is -2.82. The maximum absolute atomic E-state index is 12.7. The maximum atomic E-state index is 12.7. The summed E-state index contributed by atoms with van der Waals surface area (Å²) in [5.41, 5.74) is 3.74. The van der Waals surface area contributed by atoms with Crippen molar-refractivity contribution >= 4 is 17.5 Å². The number of aryl methyl sites for hydroxylation is 1. The molecule has 1 heterocycles. The summed E-state index contributed by atoms with van der Waals surface area (Å²) in [4.78, 5) is 25.0. The average Bonchev–Trinajstić information content (AvgIpc) is 2.60. The molecular formula is C20H22N2O3. The van der Waals surface area contributed by atoms with E-state index >= 15 is 0 Å². The van der Waals surface area contributed by atoms with Crippen LogP contribution in [-0.4, -0.2) is 18.9 Å². The lowest BCUT2D eigenvalue weighted by Gasteiger charge is -2.26. The summed E-state index contributed by atoms with van der Waals surface area (Å²) in [6.07, 6.45) is 0.408. The molecule has 3 rings (SSSR count). The first-order valence-electron chi connectivity index (χ1n) is 8.33. The number of hydrogen-bond donors (Lipinski definition) is 2. The fourth-order valence-electron chi connectivity index (χ4n) is 3.15. The molecule has 0 radical (unpaired) electrons. The van der Waals surface area contributed by atoms with Gasteiger partial charge < -0.3 is 15.4 Å². The van der Waals surface area contributed by atoms with Crippen LogP contribution in [0.4, 0.5) is 5.69 Å².